The fraction of sp³-hybridized carbons (Fsp3) is 0.0517. The maximum absolute atomic E-state index is 5.34. The molecule has 0 aliphatic rings. The molecule has 4 aromatic heterocycles. The summed E-state index contributed by atoms with van der Waals surface area (Å²) in [4.78, 5) is 25.3. The van der Waals surface area contributed by atoms with Crippen LogP contribution in [-0.4, -0.2) is 24.9 Å². The third kappa shape index (κ3) is 7.30. The van der Waals surface area contributed by atoms with E-state index in [0.717, 1.165) is 94.5 Å². The highest BCUT2D eigenvalue weighted by atomic mass is 14.9. The van der Waals surface area contributed by atoms with Gasteiger partial charge < -0.3 is 0 Å². The van der Waals surface area contributed by atoms with Crippen LogP contribution < -0.4 is 0 Å². The predicted octanol–water partition coefficient (Wildman–Crippen LogP) is 14.9. The summed E-state index contributed by atoms with van der Waals surface area (Å²) in [6.45, 7) is 4.40. The molecule has 0 aliphatic carbocycles. The average molecular weight is 808 g/mol. The van der Waals surface area contributed by atoms with Gasteiger partial charge in [-0.05, 0) is 87.1 Å². The summed E-state index contributed by atoms with van der Waals surface area (Å²) >= 11 is 0. The number of aromatic nitrogens is 5. The van der Waals surface area contributed by atoms with Gasteiger partial charge in [0.15, 0.2) is 5.82 Å². The van der Waals surface area contributed by atoms with Crippen molar-refractivity contribution in [3.8, 4) is 78.5 Å². The Hall–Kier alpha value is -8.15. The summed E-state index contributed by atoms with van der Waals surface area (Å²) in [6.07, 6.45) is 3.77. The van der Waals surface area contributed by atoms with Gasteiger partial charge in [-0.1, -0.05) is 166 Å². The van der Waals surface area contributed by atoms with Crippen molar-refractivity contribution in [2.75, 3.05) is 0 Å². The minimum atomic E-state index is 0.270. The zero-order chi connectivity index (χ0) is 42.3. The number of hydrogen-bond donors (Lipinski definition) is 0. The van der Waals surface area contributed by atoms with Crippen LogP contribution in [0.5, 0.6) is 0 Å². The highest BCUT2D eigenvalue weighted by Gasteiger charge is 2.16. The lowest BCUT2D eigenvalue weighted by Gasteiger charge is -2.14. The molecule has 0 saturated heterocycles. The van der Waals surface area contributed by atoms with Gasteiger partial charge in [0.1, 0.15) is 0 Å². The van der Waals surface area contributed by atoms with Crippen LogP contribution in [0.15, 0.2) is 207 Å². The van der Waals surface area contributed by atoms with Crippen LogP contribution in [-0.2, 0) is 0 Å². The molecule has 0 unspecified atom stereocenters. The van der Waals surface area contributed by atoms with Crippen molar-refractivity contribution in [1.29, 1.82) is 0 Å². The Balaban J connectivity index is 0.986. The van der Waals surface area contributed by atoms with E-state index in [0.29, 0.717) is 5.82 Å². The molecular formula is C58H41N5. The lowest BCUT2D eigenvalue weighted by Crippen LogP contribution is -1.97. The van der Waals surface area contributed by atoms with E-state index in [-0.39, 0.29) is 5.92 Å². The number of fused-ring (bicyclic) bond motifs is 4. The molecule has 0 fully saturated rings. The van der Waals surface area contributed by atoms with E-state index in [4.69, 9.17) is 19.9 Å². The third-order valence-electron chi connectivity index (χ3n) is 11.9. The molecule has 63 heavy (non-hydrogen) atoms. The Morgan fingerprint density at radius 3 is 1.63 bits per heavy atom. The third-order valence-corrected chi connectivity index (χ3v) is 11.9. The summed E-state index contributed by atoms with van der Waals surface area (Å²) in [5.41, 5.74) is 16.4. The second-order valence-corrected chi connectivity index (χ2v) is 16.3. The Kier molecular flexibility index (Phi) is 9.63. The lowest BCUT2D eigenvalue weighted by atomic mass is 9.96. The SMILES string of the molecule is CC(C)c1cc(-c2ccccc2)c2ccc3ccc(-c4cccc(-c5cccc(-c6cc(-c7cccc(-c8cccc9cnccc89)c7)nc(-c7ccccc7)n6)c5)c4)nc3c2n1. The van der Waals surface area contributed by atoms with E-state index in [1.807, 2.05) is 30.6 Å². The summed E-state index contributed by atoms with van der Waals surface area (Å²) in [5.74, 6) is 0.949. The molecule has 11 rings (SSSR count). The highest BCUT2D eigenvalue weighted by Crippen LogP contribution is 2.37. The Labute approximate surface area is 366 Å². The van der Waals surface area contributed by atoms with Crippen LogP contribution in [0.3, 0.4) is 0 Å². The first-order valence-electron chi connectivity index (χ1n) is 21.4. The van der Waals surface area contributed by atoms with Crippen molar-refractivity contribution >= 4 is 32.6 Å². The first kappa shape index (κ1) is 37.8. The van der Waals surface area contributed by atoms with Gasteiger partial charge in [-0.15, -0.1) is 0 Å². The molecule has 4 heterocycles. The Morgan fingerprint density at radius 2 is 0.937 bits per heavy atom. The van der Waals surface area contributed by atoms with Crippen LogP contribution in [0.2, 0.25) is 0 Å². The number of nitrogens with zero attached hydrogens (tertiary/aromatic N) is 5. The number of pyridine rings is 3. The number of rotatable bonds is 8. The van der Waals surface area contributed by atoms with Crippen LogP contribution >= 0.6 is 0 Å². The molecule has 298 valence electrons. The van der Waals surface area contributed by atoms with Gasteiger partial charge in [-0.25, -0.2) is 15.0 Å². The van der Waals surface area contributed by atoms with Gasteiger partial charge in [0, 0.05) is 56.5 Å². The minimum Gasteiger partial charge on any atom is -0.264 e. The topological polar surface area (TPSA) is 64.5 Å². The summed E-state index contributed by atoms with van der Waals surface area (Å²) < 4.78 is 0. The average Bonchev–Trinajstić information content (AvgIpc) is 3.36. The van der Waals surface area contributed by atoms with E-state index in [9.17, 15) is 0 Å². The smallest absolute Gasteiger partial charge is 0.160 e. The quantitative estimate of drug-likeness (QED) is 0.143. The monoisotopic (exact) mass is 807 g/mol. The highest BCUT2D eigenvalue weighted by molar-refractivity contribution is 6.09. The largest absolute Gasteiger partial charge is 0.264 e. The zero-order valence-electron chi connectivity index (χ0n) is 34.9. The van der Waals surface area contributed by atoms with Crippen molar-refractivity contribution in [1.82, 2.24) is 24.9 Å². The summed E-state index contributed by atoms with van der Waals surface area (Å²) in [5, 5.41) is 4.45. The summed E-state index contributed by atoms with van der Waals surface area (Å²) in [6, 6.07) is 68.1. The number of benzene rings is 7. The molecule has 5 nitrogen and oxygen atoms in total. The van der Waals surface area contributed by atoms with E-state index in [1.54, 1.807) is 0 Å². The molecule has 7 aromatic carbocycles. The van der Waals surface area contributed by atoms with E-state index in [1.165, 1.54) is 16.5 Å². The van der Waals surface area contributed by atoms with Crippen molar-refractivity contribution in [3.05, 3.63) is 212 Å². The molecule has 0 radical (unpaired) electrons. The second-order valence-electron chi connectivity index (χ2n) is 16.3. The molecule has 0 atom stereocenters. The second kappa shape index (κ2) is 16.0. The van der Waals surface area contributed by atoms with Crippen LogP contribution in [0.4, 0.5) is 0 Å². The molecule has 0 aliphatic heterocycles. The molecule has 0 amide bonds. The molecule has 0 bridgehead atoms. The van der Waals surface area contributed by atoms with Crippen molar-refractivity contribution in [2.24, 2.45) is 0 Å². The van der Waals surface area contributed by atoms with Gasteiger partial charge in [-0.3, -0.25) is 9.97 Å². The minimum absolute atomic E-state index is 0.270. The molecule has 0 spiro atoms. The lowest BCUT2D eigenvalue weighted by molar-refractivity contribution is 0.831. The first-order chi connectivity index (χ1) is 31.0. The predicted molar refractivity (Wildman–Crippen MR) is 260 cm³/mol. The fourth-order valence-corrected chi connectivity index (χ4v) is 8.60. The number of hydrogen-bond acceptors (Lipinski definition) is 5. The first-order valence-corrected chi connectivity index (χ1v) is 21.4. The van der Waals surface area contributed by atoms with Gasteiger partial charge in [0.25, 0.3) is 0 Å². The van der Waals surface area contributed by atoms with Gasteiger partial charge in [0.2, 0.25) is 0 Å². The van der Waals surface area contributed by atoms with Crippen molar-refractivity contribution < 1.29 is 0 Å². The van der Waals surface area contributed by atoms with E-state index >= 15 is 0 Å². The maximum Gasteiger partial charge on any atom is 0.160 e. The van der Waals surface area contributed by atoms with Crippen LogP contribution in [0, 0.1) is 0 Å². The summed E-state index contributed by atoms with van der Waals surface area (Å²) in [7, 11) is 0. The zero-order valence-corrected chi connectivity index (χ0v) is 34.9. The normalized spacial score (nSPS) is 11.5. The molecule has 11 aromatic rings. The van der Waals surface area contributed by atoms with E-state index in [2.05, 4.69) is 195 Å². The van der Waals surface area contributed by atoms with E-state index < -0.39 is 0 Å². The Morgan fingerprint density at radius 1 is 0.349 bits per heavy atom. The molecule has 5 heteroatoms. The van der Waals surface area contributed by atoms with Gasteiger partial charge >= 0.3 is 0 Å². The van der Waals surface area contributed by atoms with Gasteiger partial charge in [0.05, 0.1) is 28.1 Å². The molecule has 0 N–H and O–H groups in total. The van der Waals surface area contributed by atoms with Crippen molar-refractivity contribution in [2.45, 2.75) is 19.8 Å². The molecule has 0 saturated carbocycles. The van der Waals surface area contributed by atoms with Gasteiger partial charge in [-0.2, -0.15) is 0 Å². The fourth-order valence-electron chi connectivity index (χ4n) is 8.60. The van der Waals surface area contributed by atoms with Crippen LogP contribution in [0.1, 0.15) is 25.5 Å². The standard InChI is InChI=1S/C58H41N5/c1-37(2)53-34-51(38-13-5-3-6-14-38)50-27-25-39-26-28-52(60-56(39)57(50)61-53)44-20-9-17-41(31-44)42-18-10-21-45(32-42)54-35-55(63-58(62-54)40-15-7-4-8-16-40)46-22-11-19-43(33-46)48-24-12-23-47-36-59-30-29-49(47)48/h3-37H,1-2H3. The maximum atomic E-state index is 5.34. The molecular weight excluding hydrogens is 767 g/mol. The van der Waals surface area contributed by atoms with Crippen molar-refractivity contribution in [3.63, 3.8) is 0 Å². The van der Waals surface area contributed by atoms with Crippen LogP contribution in [0.25, 0.3) is 111 Å². The Bertz CT molecular complexity index is 3480.